The van der Waals surface area contributed by atoms with Crippen LogP contribution in [0.4, 0.5) is 0 Å². The maximum atomic E-state index is 6.31. The van der Waals surface area contributed by atoms with Gasteiger partial charge in [0.2, 0.25) is 0 Å². The summed E-state index contributed by atoms with van der Waals surface area (Å²) in [6.07, 6.45) is 1.86. The highest BCUT2D eigenvalue weighted by Crippen LogP contribution is 2.51. The average molecular weight is 362 g/mol. The topological polar surface area (TPSA) is 9.23 Å². The molecule has 0 atom stereocenters. The zero-order valence-corrected chi connectivity index (χ0v) is 15.7. The van der Waals surface area contributed by atoms with Crippen molar-refractivity contribution in [3.8, 4) is 11.5 Å². The lowest BCUT2D eigenvalue weighted by atomic mass is 9.65. The molecule has 0 N–H and O–H groups in total. The van der Waals surface area contributed by atoms with Crippen LogP contribution in [-0.2, 0) is 18.3 Å². The third kappa shape index (κ3) is 2.90. The Hall–Kier alpha value is -3.32. The summed E-state index contributed by atoms with van der Waals surface area (Å²) in [4.78, 5) is 0. The molecule has 1 heterocycles. The summed E-state index contributed by atoms with van der Waals surface area (Å²) in [7, 11) is 0. The van der Waals surface area contributed by atoms with Gasteiger partial charge in [0.15, 0.2) is 0 Å². The largest absolute Gasteiger partial charge is 0.457 e. The van der Waals surface area contributed by atoms with Crippen molar-refractivity contribution in [1.82, 2.24) is 0 Å². The molecule has 1 heteroatoms. The molecule has 0 bridgehead atoms. The molecule has 0 unspecified atom stereocenters. The lowest BCUT2D eigenvalue weighted by Crippen LogP contribution is -2.36. The number of hydrogen-bond acceptors (Lipinski definition) is 1. The van der Waals surface area contributed by atoms with Crippen molar-refractivity contribution in [2.45, 2.75) is 18.3 Å². The first-order chi connectivity index (χ1) is 13.9. The number of benzene rings is 4. The second kappa shape index (κ2) is 7.01. The molecule has 0 saturated heterocycles. The molecule has 0 fully saturated rings. The molecular weight excluding hydrogens is 340 g/mol. The Balaban J connectivity index is 1.75. The molecule has 0 spiro atoms. The zero-order chi connectivity index (χ0) is 18.8. The second-order valence-electron chi connectivity index (χ2n) is 7.50. The smallest absolute Gasteiger partial charge is 0.131 e. The van der Waals surface area contributed by atoms with E-state index in [0.717, 1.165) is 24.3 Å². The SMILES string of the molecule is c1ccc(CC2(Cc3ccccc3)c3ccccc3Oc3ccccc32)cc1. The monoisotopic (exact) mass is 362 g/mol. The standard InChI is InChI=1S/C27H22O/c1-3-11-21(12-4-1)19-27(20-22-13-5-2-6-14-22)23-15-7-9-17-25(23)28-26-18-10-8-16-24(26)27/h1-18H,19-20H2. The maximum absolute atomic E-state index is 6.31. The highest BCUT2D eigenvalue weighted by atomic mass is 16.5. The Morgan fingerprint density at radius 1 is 0.464 bits per heavy atom. The summed E-state index contributed by atoms with van der Waals surface area (Å²) in [5.74, 6) is 1.93. The van der Waals surface area contributed by atoms with Crippen molar-refractivity contribution in [3.63, 3.8) is 0 Å². The lowest BCUT2D eigenvalue weighted by Gasteiger charge is -2.41. The summed E-state index contributed by atoms with van der Waals surface area (Å²) < 4.78 is 6.31. The summed E-state index contributed by atoms with van der Waals surface area (Å²) in [6.45, 7) is 0. The summed E-state index contributed by atoms with van der Waals surface area (Å²) >= 11 is 0. The first kappa shape index (κ1) is 16.8. The minimum atomic E-state index is -0.172. The van der Waals surface area contributed by atoms with Crippen LogP contribution < -0.4 is 4.74 Å². The van der Waals surface area contributed by atoms with Crippen molar-refractivity contribution in [2.24, 2.45) is 0 Å². The Bertz CT molecular complexity index is 994. The van der Waals surface area contributed by atoms with Gasteiger partial charge in [-0.2, -0.15) is 0 Å². The van der Waals surface area contributed by atoms with Gasteiger partial charge in [-0.3, -0.25) is 0 Å². The van der Waals surface area contributed by atoms with Crippen LogP contribution in [0.3, 0.4) is 0 Å². The Labute approximate surface area is 166 Å². The summed E-state index contributed by atoms with van der Waals surface area (Å²) in [5.41, 5.74) is 5.03. The van der Waals surface area contributed by atoms with Crippen LogP contribution in [0.1, 0.15) is 22.3 Å². The number of hydrogen-bond donors (Lipinski definition) is 0. The van der Waals surface area contributed by atoms with Crippen molar-refractivity contribution < 1.29 is 4.74 Å². The fraction of sp³-hybridized carbons (Fsp3) is 0.111. The van der Waals surface area contributed by atoms with E-state index in [1.54, 1.807) is 0 Å². The molecule has 0 aromatic heterocycles. The van der Waals surface area contributed by atoms with E-state index in [0.29, 0.717) is 0 Å². The molecule has 0 aliphatic carbocycles. The molecule has 4 aromatic carbocycles. The van der Waals surface area contributed by atoms with Crippen LogP contribution in [0, 0.1) is 0 Å². The van der Waals surface area contributed by atoms with E-state index in [1.807, 2.05) is 0 Å². The normalized spacial score (nSPS) is 13.9. The van der Waals surface area contributed by atoms with E-state index >= 15 is 0 Å². The quantitative estimate of drug-likeness (QED) is 0.399. The van der Waals surface area contributed by atoms with Crippen LogP contribution >= 0.6 is 0 Å². The van der Waals surface area contributed by atoms with Gasteiger partial charge in [-0.05, 0) is 36.1 Å². The van der Waals surface area contributed by atoms with Gasteiger partial charge < -0.3 is 4.74 Å². The van der Waals surface area contributed by atoms with E-state index < -0.39 is 0 Å². The van der Waals surface area contributed by atoms with Gasteiger partial charge in [0.05, 0.1) is 0 Å². The van der Waals surface area contributed by atoms with Gasteiger partial charge in [0.25, 0.3) is 0 Å². The van der Waals surface area contributed by atoms with Crippen molar-refractivity contribution >= 4 is 0 Å². The van der Waals surface area contributed by atoms with Gasteiger partial charge in [-0.1, -0.05) is 97.1 Å². The third-order valence-corrected chi connectivity index (χ3v) is 5.72. The minimum absolute atomic E-state index is 0.172. The zero-order valence-electron chi connectivity index (χ0n) is 15.7. The van der Waals surface area contributed by atoms with Crippen LogP contribution in [0.2, 0.25) is 0 Å². The molecular formula is C27H22O. The van der Waals surface area contributed by atoms with Crippen molar-refractivity contribution in [3.05, 3.63) is 131 Å². The van der Waals surface area contributed by atoms with Gasteiger partial charge >= 0.3 is 0 Å². The summed E-state index contributed by atoms with van der Waals surface area (Å²) in [6, 6.07) is 38.6. The van der Waals surface area contributed by atoms with Gasteiger partial charge in [0, 0.05) is 16.5 Å². The Morgan fingerprint density at radius 3 is 1.32 bits per heavy atom. The lowest BCUT2D eigenvalue weighted by molar-refractivity contribution is 0.385. The number of para-hydroxylation sites is 2. The Morgan fingerprint density at radius 2 is 0.857 bits per heavy atom. The van der Waals surface area contributed by atoms with E-state index in [-0.39, 0.29) is 5.41 Å². The highest BCUT2D eigenvalue weighted by Gasteiger charge is 2.42. The molecule has 1 nitrogen and oxygen atoms in total. The predicted octanol–water partition coefficient (Wildman–Crippen LogP) is 6.56. The molecule has 0 saturated carbocycles. The number of rotatable bonds is 4. The highest BCUT2D eigenvalue weighted by molar-refractivity contribution is 5.59. The van der Waals surface area contributed by atoms with Gasteiger partial charge in [-0.15, -0.1) is 0 Å². The summed E-state index contributed by atoms with van der Waals surface area (Å²) in [5, 5.41) is 0. The molecule has 136 valence electrons. The van der Waals surface area contributed by atoms with E-state index in [4.69, 9.17) is 4.74 Å². The Kier molecular flexibility index (Phi) is 4.21. The molecule has 1 aliphatic heterocycles. The molecule has 4 aromatic rings. The van der Waals surface area contributed by atoms with Crippen molar-refractivity contribution in [2.75, 3.05) is 0 Å². The first-order valence-corrected chi connectivity index (χ1v) is 9.80. The first-order valence-electron chi connectivity index (χ1n) is 9.80. The van der Waals surface area contributed by atoms with Gasteiger partial charge in [-0.25, -0.2) is 0 Å². The fourth-order valence-electron chi connectivity index (χ4n) is 4.50. The van der Waals surface area contributed by atoms with Gasteiger partial charge in [0.1, 0.15) is 11.5 Å². The van der Waals surface area contributed by atoms with Crippen LogP contribution in [0.15, 0.2) is 109 Å². The number of ether oxygens (including phenoxy) is 1. The molecule has 0 radical (unpaired) electrons. The fourth-order valence-corrected chi connectivity index (χ4v) is 4.50. The molecule has 5 rings (SSSR count). The molecule has 28 heavy (non-hydrogen) atoms. The van der Waals surface area contributed by atoms with E-state index in [9.17, 15) is 0 Å². The average Bonchev–Trinajstić information content (AvgIpc) is 2.75. The number of fused-ring (bicyclic) bond motifs is 2. The van der Waals surface area contributed by atoms with Crippen LogP contribution in [0.25, 0.3) is 0 Å². The predicted molar refractivity (Wildman–Crippen MR) is 114 cm³/mol. The maximum Gasteiger partial charge on any atom is 0.131 e. The second-order valence-corrected chi connectivity index (χ2v) is 7.50. The third-order valence-electron chi connectivity index (χ3n) is 5.72. The van der Waals surface area contributed by atoms with Crippen LogP contribution in [-0.4, -0.2) is 0 Å². The van der Waals surface area contributed by atoms with E-state index in [2.05, 4.69) is 109 Å². The van der Waals surface area contributed by atoms with E-state index in [1.165, 1.54) is 22.3 Å². The van der Waals surface area contributed by atoms with Crippen molar-refractivity contribution in [1.29, 1.82) is 0 Å². The molecule has 1 aliphatic rings. The minimum Gasteiger partial charge on any atom is -0.457 e. The van der Waals surface area contributed by atoms with Crippen LogP contribution in [0.5, 0.6) is 11.5 Å². The molecule has 0 amide bonds.